The minimum Gasteiger partial charge on any atom is -0.345 e. The molecule has 2 bridgehead atoms. The molecule has 0 radical (unpaired) electrons. The lowest BCUT2D eigenvalue weighted by atomic mass is 9.64. The number of unbranched alkanes of at least 4 members (excludes halogenated alkanes) is 1. The number of halogens is 1. The molecule has 3 unspecified atom stereocenters. The van der Waals surface area contributed by atoms with Crippen LogP contribution in [0.4, 0.5) is 0 Å². The molecule has 0 heterocycles. The summed E-state index contributed by atoms with van der Waals surface area (Å²) in [5, 5.41) is 0. The Morgan fingerprint density at radius 2 is 1.95 bits per heavy atom. The summed E-state index contributed by atoms with van der Waals surface area (Å²) >= 11 is 3.57. The number of Topliss-reactive ketones (excluding diaryl/α,β-unsaturated/α-hetero) is 1. The summed E-state index contributed by atoms with van der Waals surface area (Å²) in [7, 11) is 1.88. The van der Waals surface area contributed by atoms with Crippen molar-refractivity contribution in [2.45, 2.75) is 58.2 Å². The fourth-order valence-corrected chi connectivity index (χ4v) is 5.77. The Labute approximate surface area is 130 Å². The summed E-state index contributed by atoms with van der Waals surface area (Å²) in [5.41, 5.74) is -1.23. The van der Waals surface area contributed by atoms with Crippen molar-refractivity contribution in [3.63, 3.8) is 0 Å². The van der Waals surface area contributed by atoms with Crippen LogP contribution in [0.3, 0.4) is 0 Å². The molecule has 0 spiro atoms. The van der Waals surface area contributed by atoms with Crippen molar-refractivity contribution >= 4 is 27.6 Å². The number of alkyl halides is 1. The van der Waals surface area contributed by atoms with Gasteiger partial charge in [0.1, 0.15) is 0 Å². The van der Waals surface area contributed by atoms with Crippen LogP contribution in [-0.4, -0.2) is 35.0 Å². The molecule has 2 fully saturated rings. The number of fused-ring (bicyclic) bond motifs is 2. The zero-order valence-corrected chi connectivity index (χ0v) is 14.8. The highest BCUT2D eigenvalue weighted by Gasteiger charge is 2.77. The first-order chi connectivity index (χ1) is 9.16. The average molecular weight is 344 g/mol. The van der Waals surface area contributed by atoms with Gasteiger partial charge in [0, 0.05) is 19.0 Å². The van der Waals surface area contributed by atoms with Crippen molar-refractivity contribution in [3.8, 4) is 0 Å². The van der Waals surface area contributed by atoms with Gasteiger partial charge in [-0.05, 0) is 24.7 Å². The monoisotopic (exact) mass is 343 g/mol. The fraction of sp³-hybridized carbons (Fsp3) is 0.875. The molecule has 0 aliphatic heterocycles. The van der Waals surface area contributed by atoms with Crippen LogP contribution in [0, 0.1) is 16.2 Å². The number of nitrogens with zero attached hydrogens (tertiary/aromatic N) is 1. The van der Waals surface area contributed by atoms with Gasteiger partial charge in [-0.15, -0.1) is 0 Å². The largest absolute Gasteiger partial charge is 0.345 e. The molecular weight excluding hydrogens is 318 g/mol. The predicted molar refractivity (Wildman–Crippen MR) is 83.8 cm³/mol. The Hall–Kier alpha value is -0.380. The molecule has 20 heavy (non-hydrogen) atoms. The maximum absolute atomic E-state index is 13.1. The number of carbonyl (C=O) groups excluding carboxylic acids is 2. The molecule has 3 nitrogen and oxygen atoms in total. The van der Waals surface area contributed by atoms with Gasteiger partial charge in [0.15, 0.2) is 5.78 Å². The molecule has 4 heteroatoms. The van der Waals surface area contributed by atoms with E-state index in [9.17, 15) is 9.59 Å². The van der Waals surface area contributed by atoms with Gasteiger partial charge in [0.25, 0.3) is 0 Å². The Morgan fingerprint density at radius 1 is 1.35 bits per heavy atom. The Kier molecular flexibility index (Phi) is 3.86. The molecule has 0 aromatic carbocycles. The Balaban J connectivity index is 2.39. The van der Waals surface area contributed by atoms with Gasteiger partial charge in [-0.1, -0.05) is 50.0 Å². The molecule has 114 valence electrons. The number of amides is 1. The van der Waals surface area contributed by atoms with Gasteiger partial charge in [-0.2, -0.15) is 0 Å². The Morgan fingerprint density at radius 3 is 2.40 bits per heavy atom. The van der Waals surface area contributed by atoms with E-state index in [1.807, 2.05) is 18.9 Å². The van der Waals surface area contributed by atoms with E-state index < -0.39 is 5.41 Å². The van der Waals surface area contributed by atoms with Gasteiger partial charge in [0.2, 0.25) is 5.91 Å². The number of hydrogen-bond donors (Lipinski definition) is 0. The number of ketones is 1. The summed E-state index contributed by atoms with van der Waals surface area (Å²) in [4.78, 5) is 27.2. The maximum atomic E-state index is 13.1. The van der Waals surface area contributed by atoms with E-state index in [0.29, 0.717) is 0 Å². The van der Waals surface area contributed by atoms with Crippen LogP contribution >= 0.6 is 15.9 Å². The zero-order chi connectivity index (χ0) is 15.3. The van der Waals surface area contributed by atoms with Crippen LogP contribution in [0.15, 0.2) is 0 Å². The van der Waals surface area contributed by atoms with Gasteiger partial charge in [0.05, 0.1) is 10.2 Å². The van der Waals surface area contributed by atoms with E-state index in [-0.39, 0.29) is 27.3 Å². The lowest BCUT2D eigenvalue weighted by Crippen LogP contribution is -2.51. The van der Waals surface area contributed by atoms with Crippen molar-refractivity contribution < 1.29 is 9.59 Å². The molecule has 1 amide bonds. The lowest BCUT2D eigenvalue weighted by molar-refractivity contribution is -0.145. The van der Waals surface area contributed by atoms with Crippen LogP contribution in [0.1, 0.15) is 53.4 Å². The molecule has 3 atom stereocenters. The van der Waals surface area contributed by atoms with E-state index in [2.05, 4.69) is 36.7 Å². The number of hydrogen-bond acceptors (Lipinski definition) is 2. The van der Waals surface area contributed by atoms with Crippen molar-refractivity contribution in [3.05, 3.63) is 0 Å². The molecule has 0 N–H and O–H groups in total. The van der Waals surface area contributed by atoms with Crippen molar-refractivity contribution in [2.24, 2.45) is 16.2 Å². The third-order valence-electron chi connectivity index (χ3n) is 6.30. The molecule has 2 aliphatic rings. The van der Waals surface area contributed by atoms with Crippen molar-refractivity contribution in [2.75, 3.05) is 13.6 Å². The standard InChI is InChI=1S/C16H26BrNO2/c1-6-7-10-18(5)13(20)16-9-8-15(4,14(16,2)3)12(19)11(16)17/h11H,6-10H2,1-5H3. The minimum atomic E-state index is -0.568. The van der Waals surface area contributed by atoms with E-state index >= 15 is 0 Å². The summed E-state index contributed by atoms with van der Waals surface area (Å²) < 4.78 is 0. The SMILES string of the molecule is CCCCN(C)C(=O)C12CCC(C)(C(=O)C1Br)C2(C)C. The lowest BCUT2D eigenvalue weighted by Gasteiger charge is -2.42. The van der Waals surface area contributed by atoms with Gasteiger partial charge >= 0.3 is 0 Å². The van der Waals surface area contributed by atoms with Crippen LogP contribution in [0.2, 0.25) is 0 Å². The molecule has 0 aromatic heterocycles. The fourth-order valence-electron chi connectivity index (χ4n) is 4.26. The molecule has 2 aliphatic carbocycles. The van der Waals surface area contributed by atoms with E-state index in [1.54, 1.807) is 0 Å². The highest BCUT2D eigenvalue weighted by atomic mass is 79.9. The highest BCUT2D eigenvalue weighted by Crippen LogP contribution is 2.72. The number of rotatable bonds is 4. The van der Waals surface area contributed by atoms with E-state index in [1.165, 1.54) is 0 Å². The minimum absolute atomic E-state index is 0.146. The molecule has 0 saturated heterocycles. The van der Waals surface area contributed by atoms with E-state index in [0.717, 1.165) is 32.2 Å². The predicted octanol–water partition coefficient (Wildman–Crippen LogP) is 3.40. The molecular formula is C16H26BrNO2. The molecule has 2 saturated carbocycles. The third-order valence-corrected chi connectivity index (χ3v) is 7.49. The smallest absolute Gasteiger partial charge is 0.230 e. The summed E-state index contributed by atoms with van der Waals surface area (Å²) in [6.45, 7) is 9.14. The summed E-state index contributed by atoms with van der Waals surface area (Å²) in [5.74, 6) is 0.360. The molecule has 2 rings (SSSR count). The average Bonchev–Trinajstić information content (AvgIpc) is 2.67. The first-order valence-electron chi connectivity index (χ1n) is 7.61. The normalized spacial score (nSPS) is 38.3. The quantitative estimate of drug-likeness (QED) is 0.733. The zero-order valence-electron chi connectivity index (χ0n) is 13.3. The summed E-state index contributed by atoms with van der Waals surface area (Å²) in [6, 6.07) is 0. The second-order valence-corrected chi connectivity index (χ2v) is 8.15. The van der Waals surface area contributed by atoms with Crippen molar-refractivity contribution in [1.29, 1.82) is 0 Å². The second kappa shape index (κ2) is 4.82. The van der Waals surface area contributed by atoms with E-state index in [4.69, 9.17) is 0 Å². The van der Waals surface area contributed by atoms with Crippen molar-refractivity contribution in [1.82, 2.24) is 4.90 Å². The van der Waals surface area contributed by atoms with Gasteiger partial charge < -0.3 is 4.90 Å². The summed E-state index contributed by atoms with van der Waals surface area (Å²) in [6.07, 6.45) is 3.72. The van der Waals surface area contributed by atoms with Gasteiger partial charge in [-0.25, -0.2) is 0 Å². The maximum Gasteiger partial charge on any atom is 0.230 e. The second-order valence-electron chi connectivity index (χ2n) is 7.24. The highest BCUT2D eigenvalue weighted by molar-refractivity contribution is 9.10. The van der Waals surface area contributed by atoms with Gasteiger partial charge in [-0.3, -0.25) is 9.59 Å². The molecule has 0 aromatic rings. The first kappa shape index (κ1) is 16.0. The topological polar surface area (TPSA) is 37.4 Å². The Bertz CT molecular complexity index is 448. The van der Waals surface area contributed by atoms with Crippen LogP contribution in [-0.2, 0) is 9.59 Å². The van der Waals surface area contributed by atoms with Crippen LogP contribution in [0.25, 0.3) is 0 Å². The first-order valence-corrected chi connectivity index (χ1v) is 8.52. The third kappa shape index (κ3) is 1.63. The van der Waals surface area contributed by atoms with Crippen LogP contribution < -0.4 is 0 Å². The van der Waals surface area contributed by atoms with Crippen LogP contribution in [0.5, 0.6) is 0 Å². The number of carbonyl (C=O) groups is 2.